The van der Waals surface area contributed by atoms with Crippen molar-refractivity contribution in [2.75, 3.05) is 42.9 Å². The predicted octanol–water partition coefficient (Wildman–Crippen LogP) is 0.837. The summed E-state index contributed by atoms with van der Waals surface area (Å²) in [6.45, 7) is 4.49. The van der Waals surface area contributed by atoms with Gasteiger partial charge in [-0.15, -0.1) is 0 Å². The molecular formula is C16H19N5O4. The molecule has 0 aliphatic carbocycles. The molecule has 0 saturated carbocycles. The highest BCUT2D eigenvalue weighted by Crippen LogP contribution is 2.19. The molecule has 1 aliphatic heterocycles. The van der Waals surface area contributed by atoms with Crippen LogP contribution in [0.15, 0.2) is 28.9 Å². The van der Waals surface area contributed by atoms with E-state index in [0.717, 1.165) is 0 Å². The van der Waals surface area contributed by atoms with Gasteiger partial charge in [-0.1, -0.05) is 5.16 Å². The normalized spacial score (nSPS) is 15.2. The van der Waals surface area contributed by atoms with Crippen molar-refractivity contribution >= 4 is 23.5 Å². The first-order valence-electron chi connectivity index (χ1n) is 7.91. The van der Waals surface area contributed by atoms with E-state index in [-0.39, 0.29) is 18.0 Å². The topological polar surface area (TPSA) is 112 Å². The molecule has 2 aromatic rings. The summed E-state index contributed by atoms with van der Waals surface area (Å²) >= 11 is 0. The van der Waals surface area contributed by atoms with Crippen molar-refractivity contribution < 1.29 is 19.2 Å². The number of hydrogen-bond acceptors (Lipinski definition) is 7. The van der Waals surface area contributed by atoms with Crippen LogP contribution in [0.25, 0.3) is 0 Å². The number of carboxylic acid groups (broad SMARTS) is 1. The average Bonchev–Trinajstić information content (AvgIpc) is 3.00. The van der Waals surface area contributed by atoms with Crippen LogP contribution in [0.5, 0.6) is 0 Å². The largest absolute Gasteiger partial charge is 0.478 e. The van der Waals surface area contributed by atoms with E-state index in [1.807, 2.05) is 9.80 Å². The molecule has 9 heteroatoms. The Morgan fingerprint density at radius 2 is 2.08 bits per heavy atom. The first-order valence-corrected chi connectivity index (χ1v) is 7.91. The van der Waals surface area contributed by atoms with Crippen LogP contribution in [-0.4, -0.2) is 64.7 Å². The van der Waals surface area contributed by atoms with Gasteiger partial charge in [0.15, 0.2) is 5.82 Å². The van der Waals surface area contributed by atoms with Crippen molar-refractivity contribution in [2.45, 2.75) is 6.92 Å². The Hall–Kier alpha value is -2.94. The van der Waals surface area contributed by atoms with Gasteiger partial charge in [-0.3, -0.25) is 9.69 Å². The van der Waals surface area contributed by atoms with Gasteiger partial charge in [0.2, 0.25) is 5.91 Å². The number of anilines is 2. The third kappa shape index (κ3) is 4.13. The van der Waals surface area contributed by atoms with Gasteiger partial charge in [0.1, 0.15) is 17.1 Å². The van der Waals surface area contributed by atoms with Crippen molar-refractivity contribution in [2.24, 2.45) is 0 Å². The van der Waals surface area contributed by atoms with Gasteiger partial charge in [0, 0.05) is 38.4 Å². The monoisotopic (exact) mass is 345 g/mol. The molecule has 25 heavy (non-hydrogen) atoms. The zero-order valence-electron chi connectivity index (χ0n) is 13.8. The van der Waals surface area contributed by atoms with E-state index in [0.29, 0.717) is 43.6 Å². The Labute approximate surface area is 144 Å². The predicted molar refractivity (Wildman–Crippen MR) is 89.7 cm³/mol. The first kappa shape index (κ1) is 16.9. The standard InChI is InChI=1S/C16H19N5O4/c1-11-9-13(19-25-11)18-14(22)10-20-5-7-21(8-6-20)15-12(16(23)24)3-2-4-17-15/h2-4,9H,5-8,10H2,1H3,(H,23,24)(H,18,19,22). The molecule has 1 saturated heterocycles. The highest BCUT2D eigenvalue weighted by Gasteiger charge is 2.23. The number of hydrogen-bond donors (Lipinski definition) is 2. The summed E-state index contributed by atoms with van der Waals surface area (Å²) in [6.07, 6.45) is 1.58. The number of amides is 1. The van der Waals surface area contributed by atoms with Crippen LogP contribution in [0.4, 0.5) is 11.6 Å². The molecule has 0 aromatic carbocycles. The summed E-state index contributed by atoms with van der Waals surface area (Å²) in [5, 5.41) is 15.7. The molecule has 2 aromatic heterocycles. The maximum absolute atomic E-state index is 12.0. The highest BCUT2D eigenvalue weighted by molar-refractivity contribution is 5.93. The summed E-state index contributed by atoms with van der Waals surface area (Å²) in [6, 6.07) is 4.81. The van der Waals surface area contributed by atoms with E-state index < -0.39 is 5.97 Å². The second-order valence-corrected chi connectivity index (χ2v) is 5.81. The van der Waals surface area contributed by atoms with Crippen LogP contribution in [0.1, 0.15) is 16.1 Å². The molecule has 0 unspecified atom stereocenters. The number of pyridine rings is 1. The number of aromatic nitrogens is 2. The fourth-order valence-corrected chi connectivity index (χ4v) is 2.74. The summed E-state index contributed by atoms with van der Waals surface area (Å²) < 4.78 is 4.91. The van der Waals surface area contributed by atoms with Crippen LogP contribution in [0.2, 0.25) is 0 Å². The molecule has 0 bridgehead atoms. The third-order valence-electron chi connectivity index (χ3n) is 3.95. The lowest BCUT2D eigenvalue weighted by atomic mass is 10.2. The number of carbonyl (C=O) groups is 2. The van der Waals surface area contributed by atoms with Gasteiger partial charge in [-0.2, -0.15) is 0 Å². The summed E-state index contributed by atoms with van der Waals surface area (Å²) in [7, 11) is 0. The lowest BCUT2D eigenvalue weighted by molar-refractivity contribution is -0.117. The number of rotatable bonds is 5. The second-order valence-electron chi connectivity index (χ2n) is 5.81. The minimum absolute atomic E-state index is 0.161. The van der Waals surface area contributed by atoms with E-state index in [4.69, 9.17) is 4.52 Å². The van der Waals surface area contributed by atoms with Gasteiger partial charge < -0.3 is 19.8 Å². The van der Waals surface area contributed by atoms with Crippen LogP contribution >= 0.6 is 0 Å². The maximum atomic E-state index is 12.0. The van der Waals surface area contributed by atoms with Crippen molar-refractivity contribution in [3.05, 3.63) is 35.7 Å². The fourth-order valence-electron chi connectivity index (χ4n) is 2.74. The minimum atomic E-state index is -0.993. The van der Waals surface area contributed by atoms with Crippen molar-refractivity contribution in [1.29, 1.82) is 0 Å². The zero-order chi connectivity index (χ0) is 17.8. The van der Waals surface area contributed by atoms with Gasteiger partial charge in [0.05, 0.1) is 6.54 Å². The number of carbonyl (C=O) groups excluding carboxylic acids is 1. The molecule has 9 nitrogen and oxygen atoms in total. The Morgan fingerprint density at radius 3 is 2.72 bits per heavy atom. The van der Waals surface area contributed by atoms with Crippen molar-refractivity contribution in [1.82, 2.24) is 15.0 Å². The second kappa shape index (κ2) is 7.31. The number of aromatic carboxylic acids is 1. The zero-order valence-corrected chi connectivity index (χ0v) is 13.8. The molecule has 0 spiro atoms. The van der Waals surface area contributed by atoms with Crippen LogP contribution in [0, 0.1) is 6.92 Å². The number of nitrogens with zero attached hydrogens (tertiary/aromatic N) is 4. The Morgan fingerprint density at radius 1 is 1.32 bits per heavy atom. The smallest absolute Gasteiger partial charge is 0.339 e. The quantitative estimate of drug-likeness (QED) is 0.820. The number of nitrogens with one attached hydrogen (secondary N) is 1. The van der Waals surface area contributed by atoms with Gasteiger partial charge >= 0.3 is 5.97 Å². The Balaban J connectivity index is 1.54. The third-order valence-corrected chi connectivity index (χ3v) is 3.95. The SMILES string of the molecule is Cc1cc(NC(=O)CN2CCN(c3ncccc3C(=O)O)CC2)no1. The van der Waals surface area contributed by atoms with Gasteiger partial charge in [-0.25, -0.2) is 9.78 Å². The molecule has 0 atom stereocenters. The number of piperazine rings is 1. The number of carboxylic acids is 1. The van der Waals surface area contributed by atoms with Crippen LogP contribution < -0.4 is 10.2 Å². The molecule has 1 amide bonds. The molecule has 0 radical (unpaired) electrons. The lowest BCUT2D eigenvalue weighted by Crippen LogP contribution is -2.49. The number of aryl methyl sites for hydroxylation is 1. The summed E-state index contributed by atoms with van der Waals surface area (Å²) in [5.74, 6) is 0.352. The lowest BCUT2D eigenvalue weighted by Gasteiger charge is -2.35. The van der Waals surface area contributed by atoms with Crippen molar-refractivity contribution in [3.63, 3.8) is 0 Å². The maximum Gasteiger partial charge on any atom is 0.339 e. The van der Waals surface area contributed by atoms with E-state index in [2.05, 4.69) is 15.5 Å². The fraction of sp³-hybridized carbons (Fsp3) is 0.375. The summed E-state index contributed by atoms with van der Waals surface area (Å²) in [4.78, 5) is 31.5. The molecule has 3 rings (SSSR count). The molecule has 1 fully saturated rings. The minimum Gasteiger partial charge on any atom is -0.478 e. The highest BCUT2D eigenvalue weighted by atomic mass is 16.5. The van der Waals surface area contributed by atoms with E-state index >= 15 is 0 Å². The molecule has 3 heterocycles. The van der Waals surface area contributed by atoms with E-state index in [9.17, 15) is 14.7 Å². The van der Waals surface area contributed by atoms with Crippen LogP contribution in [0.3, 0.4) is 0 Å². The molecule has 2 N–H and O–H groups in total. The molecule has 132 valence electrons. The molecular weight excluding hydrogens is 326 g/mol. The van der Waals surface area contributed by atoms with Gasteiger partial charge in [0.25, 0.3) is 0 Å². The van der Waals surface area contributed by atoms with Crippen molar-refractivity contribution in [3.8, 4) is 0 Å². The molecule has 1 aliphatic rings. The Bertz CT molecular complexity index is 767. The Kier molecular flexibility index (Phi) is 4.94. The average molecular weight is 345 g/mol. The first-order chi connectivity index (χ1) is 12.0. The van der Waals surface area contributed by atoms with Gasteiger partial charge in [-0.05, 0) is 19.1 Å². The van der Waals surface area contributed by atoms with E-state index in [1.54, 1.807) is 31.3 Å². The summed E-state index contributed by atoms with van der Waals surface area (Å²) in [5.41, 5.74) is 0.190. The van der Waals surface area contributed by atoms with E-state index in [1.165, 1.54) is 0 Å². The van der Waals surface area contributed by atoms with Crippen LogP contribution in [-0.2, 0) is 4.79 Å².